The third kappa shape index (κ3) is 1.94. The van der Waals surface area contributed by atoms with Crippen LogP contribution in [-0.2, 0) is 0 Å². The highest BCUT2D eigenvalue weighted by Gasteiger charge is 2.45. The number of rotatable bonds is 3. The molecule has 82 valence electrons. The second-order valence-electron chi connectivity index (χ2n) is 4.50. The van der Waals surface area contributed by atoms with Crippen LogP contribution in [0.3, 0.4) is 0 Å². The molecule has 15 heavy (non-hydrogen) atoms. The number of nitrogens with one attached hydrogen (secondary N) is 1. The molecular weight excluding hydrogens is 210 g/mol. The fraction of sp³-hybridized carbons (Fsp3) is 0.545. The van der Waals surface area contributed by atoms with Gasteiger partial charge in [0.05, 0.1) is 5.02 Å². The number of nitrogens with zero attached hydrogens (tertiary/aromatic N) is 1. The SMILES string of the molecule is CNC(c1cc(Cl)cnc1N)C1(C)CC1. The van der Waals surface area contributed by atoms with Gasteiger partial charge in [0.1, 0.15) is 5.82 Å². The first-order chi connectivity index (χ1) is 7.07. The Morgan fingerprint density at radius 1 is 1.60 bits per heavy atom. The molecule has 1 aromatic heterocycles. The highest BCUT2D eigenvalue weighted by Crippen LogP contribution is 2.55. The fourth-order valence-electron chi connectivity index (χ4n) is 2.06. The normalized spacial score (nSPS) is 19.9. The molecule has 0 aromatic carbocycles. The van der Waals surface area contributed by atoms with Crippen LogP contribution in [0, 0.1) is 5.41 Å². The van der Waals surface area contributed by atoms with Crippen molar-refractivity contribution < 1.29 is 0 Å². The van der Waals surface area contributed by atoms with Crippen LogP contribution in [0.15, 0.2) is 12.3 Å². The van der Waals surface area contributed by atoms with Gasteiger partial charge in [-0.2, -0.15) is 0 Å². The maximum Gasteiger partial charge on any atom is 0.128 e. The van der Waals surface area contributed by atoms with Crippen LogP contribution in [0.25, 0.3) is 0 Å². The first-order valence-electron chi connectivity index (χ1n) is 5.15. The van der Waals surface area contributed by atoms with Gasteiger partial charge in [0, 0.05) is 17.8 Å². The minimum absolute atomic E-state index is 0.253. The van der Waals surface area contributed by atoms with Gasteiger partial charge in [0.2, 0.25) is 0 Å². The average molecular weight is 226 g/mol. The molecule has 3 N–H and O–H groups in total. The van der Waals surface area contributed by atoms with E-state index < -0.39 is 0 Å². The summed E-state index contributed by atoms with van der Waals surface area (Å²) in [4.78, 5) is 4.09. The Balaban J connectivity index is 2.37. The third-order valence-electron chi connectivity index (χ3n) is 3.25. The molecule has 3 nitrogen and oxygen atoms in total. The highest BCUT2D eigenvalue weighted by atomic mass is 35.5. The minimum Gasteiger partial charge on any atom is -0.383 e. The summed E-state index contributed by atoms with van der Waals surface area (Å²) in [5, 5.41) is 3.95. The van der Waals surface area contributed by atoms with Crippen LogP contribution in [0.4, 0.5) is 5.82 Å². The van der Waals surface area contributed by atoms with Crippen LogP contribution in [0.5, 0.6) is 0 Å². The van der Waals surface area contributed by atoms with Crippen molar-refractivity contribution in [3.05, 3.63) is 22.8 Å². The van der Waals surface area contributed by atoms with Gasteiger partial charge in [0.25, 0.3) is 0 Å². The zero-order valence-corrected chi connectivity index (χ0v) is 9.80. The quantitative estimate of drug-likeness (QED) is 0.831. The first-order valence-corrected chi connectivity index (χ1v) is 5.53. The molecule has 1 unspecified atom stereocenters. The van der Waals surface area contributed by atoms with Gasteiger partial charge in [-0.05, 0) is 31.4 Å². The molecule has 0 aliphatic heterocycles. The van der Waals surface area contributed by atoms with Gasteiger partial charge in [-0.3, -0.25) is 0 Å². The molecule has 0 bridgehead atoms. The predicted octanol–water partition coefficient (Wildman–Crippen LogP) is 2.38. The minimum atomic E-state index is 0.253. The van der Waals surface area contributed by atoms with Crippen molar-refractivity contribution in [2.45, 2.75) is 25.8 Å². The second kappa shape index (κ2) is 3.65. The number of hydrogen-bond donors (Lipinski definition) is 2. The van der Waals surface area contributed by atoms with E-state index in [1.807, 2.05) is 13.1 Å². The summed E-state index contributed by atoms with van der Waals surface area (Å²) in [5.74, 6) is 0.576. The zero-order valence-electron chi connectivity index (χ0n) is 9.05. The lowest BCUT2D eigenvalue weighted by atomic mass is 9.92. The van der Waals surface area contributed by atoms with Gasteiger partial charge in [-0.15, -0.1) is 0 Å². The number of pyridine rings is 1. The lowest BCUT2D eigenvalue weighted by molar-refractivity contribution is 0.391. The summed E-state index contributed by atoms with van der Waals surface area (Å²) in [6.45, 7) is 2.26. The topological polar surface area (TPSA) is 50.9 Å². The maximum atomic E-state index is 5.94. The number of nitrogen functional groups attached to an aromatic ring is 1. The van der Waals surface area contributed by atoms with Crippen LogP contribution in [-0.4, -0.2) is 12.0 Å². The number of halogens is 1. The summed E-state index contributed by atoms with van der Waals surface area (Å²) >= 11 is 5.94. The van der Waals surface area contributed by atoms with Gasteiger partial charge in [-0.1, -0.05) is 18.5 Å². The summed E-state index contributed by atoms with van der Waals surface area (Å²) in [6.07, 6.45) is 4.04. The van der Waals surface area contributed by atoms with Crippen LogP contribution < -0.4 is 11.1 Å². The third-order valence-corrected chi connectivity index (χ3v) is 3.46. The Morgan fingerprint density at radius 2 is 2.27 bits per heavy atom. The van der Waals surface area contributed by atoms with E-state index in [9.17, 15) is 0 Å². The molecule has 1 fully saturated rings. The fourth-order valence-corrected chi connectivity index (χ4v) is 2.23. The molecule has 1 heterocycles. The number of anilines is 1. The maximum absolute atomic E-state index is 5.94. The van der Waals surface area contributed by atoms with Crippen molar-refractivity contribution in [2.24, 2.45) is 5.41 Å². The molecule has 1 atom stereocenters. The highest BCUT2D eigenvalue weighted by molar-refractivity contribution is 6.30. The molecule has 0 radical (unpaired) electrons. The van der Waals surface area contributed by atoms with E-state index in [4.69, 9.17) is 17.3 Å². The molecule has 0 spiro atoms. The second-order valence-corrected chi connectivity index (χ2v) is 4.94. The predicted molar refractivity (Wildman–Crippen MR) is 62.8 cm³/mol. The van der Waals surface area contributed by atoms with Gasteiger partial charge < -0.3 is 11.1 Å². The van der Waals surface area contributed by atoms with E-state index in [0.29, 0.717) is 16.3 Å². The summed E-state index contributed by atoms with van der Waals surface area (Å²) in [7, 11) is 1.95. The van der Waals surface area contributed by atoms with E-state index >= 15 is 0 Å². The molecule has 0 amide bonds. The van der Waals surface area contributed by atoms with E-state index in [0.717, 1.165) is 5.56 Å². The van der Waals surface area contributed by atoms with Gasteiger partial charge >= 0.3 is 0 Å². The Hall–Kier alpha value is -0.800. The molecule has 1 aliphatic carbocycles. The molecular formula is C11H16ClN3. The van der Waals surface area contributed by atoms with Crippen LogP contribution in [0.1, 0.15) is 31.4 Å². The van der Waals surface area contributed by atoms with Crippen molar-refractivity contribution in [1.82, 2.24) is 10.3 Å². The Morgan fingerprint density at radius 3 is 2.80 bits per heavy atom. The summed E-state index contributed by atoms with van der Waals surface area (Å²) in [6, 6.07) is 2.16. The lowest BCUT2D eigenvalue weighted by Crippen LogP contribution is -2.25. The zero-order chi connectivity index (χ0) is 11.1. The largest absolute Gasteiger partial charge is 0.383 e. The van der Waals surface area contributed by atoms with Gasteiger partial charge in [0.15, 0.2) is 0 Å². The molecule has 0 saturated heterocycles. The molecule has 1 aromatic rings. The van der Waals surface area contributed by atoms with E-state index in [1.165, 1.54) is 12.8 Å². The van der Waals surface area contributed by atoms with Crippen LogP contribution in [0.2, 0.25) is 5.02 Å². The molecule has 4 heteroatoms. The summed E-state index contributed by atoms with van der Waals surface area (Å²) < 4.78 is 0. The smallest absolute Gasteiger partial charge is 0.128 e. The average Bonchev–Trinajstić information content (AvgIpc) is 2.92. The first kappa shape index (κ1) is 10.7. The Kier molecular flexibility index (Phi) is 2.61. The number of aromatic nitrogens is 1. The van der Waals surface area contributed by atoms with Crippen molar-refractivity contribution in [3.8, 4) is 0 Å². The Labute approximate surface area is 95.0 Å². The van der Waals surface area contributed by atoms with Crippen molar-refractivity contribution >= 4 is 17.4 Å². The van der Waals surface area contributed by atoms with Gasteiger partial charge in [-0.25, -0.2) is 4.98 Å². The van der Waals surface area contributed by atoms with Crippen molar-refractivity contribution in [3.63, 3.8) is 0 Å². The molecule has 2 rings (SSSR count). The number of hydrogen-bond acceptors (Lipinski definition) is 3. The lowest BCUT2D eigenvalue weighted by Gasteiger charge is -2.24. The monoisotopic (exact) mass is 225 g/mol. The van der Waals surface area contributed by atoms with Crippen molar-refractivity contribution in [2.75, 3.05) is 12.8 Å². The van der Waals surface area contributed by atoms with Crippen LogP contribution >= 0.6 is 11.6 Å². The molecule has 1 aliphatic rings. The van der Waals surface area contributed by atoms with E-state index in [2.05, 4.69) is 17.2 Å². The molecule has 1 saturated carbocycles. The number of nitrogens with two attached hydrogens (primary N) is 1. The standard InChI is InChI=1S/C11H16ClN3/c1-11(3-4-11)9(14-2)8-5-7(12)6-15-10(8)13/h5-6,9,14H,3-4H2,1-2H3,(H2,13,15). The summed E-state index contributed by atoms with van der Waals surface area (Å²) in [5.41, 5.74) is 7.21. The van der Waals surface area contributed by atoms with E-state index in [-0.39, 0.29) is 6.04 Å². The van der Waals surface area contributed by atoms with Crippen molar-refractivity contribution in [1.29, 1.82) is 0 Å². The van der Waals surface area contributed by atoms with E-state index in [1.54, 1.807) is 6.20 Å². The Bertz CT molecular complexity index is 374.